The molecule has 1 aliphatic rings. The van der Waals surface area contributed by atoms with Gasteiger partial charge in [-0.25, -0.2) is 0 Å². The lowest BCUT2D eigenvalue weighted by Crippen LogP contribution is -2.32. The molecule has 188 valence electrons. The average Bonchev–Trinajstić information content (AvgIpc) is 2.78. The van der Waals surface area contributed by atoms with E-state index in [9.17, 15) is 9.59 Å². The van der Waals surface area contributed by atoms with Crippen molar-refractivity contribution < 1.29 is 19.1 Å². The van der Waals surface area contributed by atoms with Crippen LogP contribution in [0.4, 0.5) is 0 Å². The first-order valence-electron chi connectivity index (χ1n) is 13.2. The van der Waals surface area contributed by atoms with Crippen molar-refractivity contribution in [3.8, 4) is 0 Å². The summed E-state index contributed by atoms with van der Waals surface area (Å²) in [6.45, 7) is 18.7. The molecule has 0 spiro atoms. The molecule has 0 aromatic heterocycles. The van der Waals surface area contributed by atoms with Crippen LogP contribution in [0.15, 0.2) is 0 Å². The normalized spacial score (nSPS) is 21.6. The van der Waals surface area contributed by atoms with Crippen molar-refractivity contribution in [1.82, 2.24) is 0 Å². The number of carbonyl (C=O) groups is 2. The van der Waals surface area contributed by atoms with Gasteiger partial charge in [0.2, 0.25) is 0 Å². The highest BCUT2D eigenvalue weighted by Crippen LogP contribution is 2.33. The fourth-order valence-electron chi connectivity index (χ4n) is 4.16. The first-order chi connectivity index (χ1) is 14.9. The molecule has 0 aromatic rings. The Hall–Kier alpha value is -1.06. The van der Waals surface area contributed by atoms with Crippen LogP contribution in [0.5, 0.6) is 0 Å². The third-order valence-corrected chi connectivity index (χ3v) is 7.63. The highest BCUT2D eigenvalue weighted by molar-refractivity contribution is 5.75. The maximum Gasteiger partial charge on any atom is 0.308 e. The molecule has 4 nitrogen and oxygen atoms in total. The van der Waals surface area contributed by atoms with E-state index < -0.39 is 0 Å². The Morgan fingerprint density at radius 1 is 0.719 bits per heavy atom. The van der Waals surface area contributed by atoms with E-state index >= 15 is 0 Å². The standard InChI is InChI=1S/C28H52O4/c1-9-21(3)15-17-27(5,6)19-31-25(29)23-11-13-24(14-12-23)26(30)32-20-28(7,8)18-16-22(4)10-2/h21-24H,9-20H2,1-8H3. The van der Waals surface area contributed by atoms with Crippen LogP contribution in [0.1, 0.15) is 120 Å². The average molecular weight is 453 g/mol. The third-order valence-electron chi connectivity index (χ3n) is 7.63. The molecular formula is C28H52O4. The predicted molar refractivity (Wildman–Crippen MR) is 132 cm³/mol. The van der Waals surface area contributed by atoms with Crippen molar-refractivity contribution in [3.63, 3.8) is 0 Å². The van der Waals surface area contributed by atoms with Gasteiger partial charge in [0, 0.05) is 0 Å². The van der Waals surface area contributed by atoms with Gasteiger partial charge in [-0.1, -0.05) is 81.1 Å². The first kappa shape index (κ1) is 29.0. The number of hydrogen-bond donors (Lipinski definition) is 0. The van der Waals surface area contributed by atoms with E-state index in [4.69, 9.17) is 9.47 Å². The molecule has 0 aliphatic heterocycles. The summed E-state index contributed by atoms with van der Waals surface area (Å²) in [6.07, 6.45) is 9.77. The van der Waals surface area contributed by atoms with E-state index in [1.807, 2.05) is 0 Å². The van der Waals surface area contributed by atoms with Gasteiger partial charge in [0.05, 0.1) is 25.0 Å². The highest BCUT2D eigenvalue weighted by atomic mass is 16.5. The van der Waals surface area contributed by atoms with Crippen molar-refractivity contribution in [2.24, 2.45) is 34.5 Å². The highest BCUT2D eigenvalue weighted by Gasteiger charge is 2.33. The van der Waals surface area contributed by atoms with Crippen LogP contribution >= 0.6 is 0 Å². The van der Waals surface area contributed by atoms with Crippen molar-refractivity contribution in [3.05, 3.63) is 0 Å². The largest absolute Gasteiger partial charge is 0.465 e. The molecule has 2 atom stereocenters. The van der Waals surface area contributed by atoms with Crippen LogP contribution in [0, 0.1) is 34.5 Å². The van der Waals surface area contributed by atoms with Crippen molar-refractivity contribution in [1.29, 1.82) is 0 Å². The van der Waals surface area contributed by atoms with Gasteiger partial charge in [-0.3, -0.25) is 9.59 Å². The molecule has 0 amide bonds. The number of rotatable bonds is 14. The van der Waals surface area contributed by atoms with Crippen LogP contribution in [0.25, 0.3) is 0 Å². The zero-order valence-electron chi connectivity index (χ0n) is 22.4. The molecule has 1 fully saturated rings. The Labute approximate surface area is 198 Å². The van der Waals surface area contributed by atoms with Crippen molar-refractivity contribution in [2.45, 2.75) is 120 Å². The third kappa shape index (κ3) is 11.2. The second-order valence-electron chi connectivity index (χ2n) is 12.2. The quantitative estimate of drug-likeness (QED) is 0.255. The van der Waals surface area contributed by atoms with Crippen LogP contribution in [-0.4, -0.2) is 25.2 Å². The molecule has 2 unspecified atom stereocenters. The van der Waals surface area contributed by atoms with Crippen molar-refractivity contribution >= 4 is 11.9 Å². The summed E-state index contributed by atoms with van der Waals surface area (Å²) in [4.78, 5) is 25.2. The molecule has 1 aliphatic carbocycles. The minimum absolute atomic E-state index is 0.0157. The lowest BCUT2D eigenvalue weighted by molar-refractivity contribution is -0.158. The Morgan fingerprint density at radius 2 is 1.03 bits per heavy atom. The molecule has 1 rings (SSSR count). The zero-order chi connectivity index (χ0) is 24.4. The van der Waals surface area contributed by atoms with Crippen LogP contribution in [-0.2, 0) is 19.1 Å². The van der Waals surface area contributed by atoms with Gasteiger partial charge < -0.3 is 9.47 Å². The first-order valence-corrected chi connectivity index (χ1v) is 13.2. The fraction of sp³-hybridized carbons (Fsp3) is 0.929. The Kier molecular flexibility index (Phi) is 12.3. The zero-order valence-corrected chi connectivity index (χ0v) is 22.4. The second kappa shape index (κ2) is 13.6. The number of ether oxygens (including phenoxy) is 2. The summed E-state index contributed by atoms with van der Waals surface area (Å²) in [5, 5.41) is 0. The molecular weight excluding hydrogens is 400 g/mol. The number of hydrogen-bond acceptors (Lipinski definition) is 4. The minimum Gasteiger partial charge on any atom is -0.465 e. The predicted octanol–water partition coefficient (Wildman–Crippen LogP) is 7.58. The van der Waals surface area contributed by atoms with Crippen LogP contribution in [0.2, 0.25) is 0 Å². The number of esters is 2. The molecule has 1 saturated carbocycles. The molecule has 0 saturated heterocycles. The van der Waals surface area contributed by atoms with Gasteiger partial charge in [0.15, 0.2) is 0 Å². The van der Waals surface area contributed by atoms with E-state index in [0.717, 1.165) is 38.5 Å². The fourth-order valence-corrected chi connectivity index (χ4v) is 4.16. The van der Waals surface area contributed by atoms with E-state index in [1.54, 1.807) is 0 Å². The van der Waals surface area contributed by atoms with Gasteiger partial charge in [-0.05, 0) is 61.2 Å². The van der Waals surface area contributed by atoms with Gasteiger partial charge in [0.1, 0.15) is 0 Å². The Bertz CT molecular complexity index is 508. The Morgan fingerprint density at radius 3 is 1.31 bits per heavy atom. The smallest absolute Gasteiger partial charge is 0.308 e. The van der Waals surface area contributed by atoms with Gasteiger partial charge >= 0.3 is 11.9 Å². The molecule has 0 heterocycles. The lowest BCUT2D eigenvalue weighted by Gasteiger charge is -2.30. The number of carbonyl (C=O) groups excluding carboxylic acids is 2. The molecule has 4 heteroatoms. The SMILES string of the molecule is CCC(C)CCC(C)(C)COC(=O)C1CCC(C(=O)OCC(C)(C)CCC(C)CC)CC1. The summed E-state index contributed by atoms with van der Waals surface area (Å²) in [7, 11) is 0. The summed E-state index contributed by atoms with van der Waals surface area (Å²) >= 11 is 0. The monoisotopic (exact) mass is 452 g/mol. The summed E-state index contributed by atoms with van der Waals surface area (Å²) < 4.78 is 11.4. The van der Waals surface area contributed by atoms with Gasteiger partial charge in [0.25, 0.3) is 0 Å². The van der Waals surface area contributed by atoms with E-state index in [2.05, 4.69) is 55.4 Å². The minimum atomic E-state index is -0.0837. The molecule has 0 radical (unpaired) electrons. The van der Waals surface area contributed by atoms with E-state index in [0.29, 0.717) is 25.0 Å². The van der Waals surface area contributed by atoms with Gasteiger partial charge in [-0.2, -0.15) is 0 Å². The topological polar surface area (TPSA) is 52.6 Å². The molecule has 0 aromatic carbocycles. The molecule has 32 heavy (non-hydrogen) atoms. The summed E-state index contributed by atoms with van der Waals surface area (Å²) in [5.41, 5.74) is 0.0314. The van der Waals surface area contributed by atoms with Crippen LogP contribution in [0.3, 0.4) is 0 Å². The van der Waals surface area contributed by atoms with E-state index in [-0.39, 0.29) is 34.6 Å². The Balaban J connectivity index is 2.34. The summed E-state index contributed by atoms with van der Waals surface area (Å²) in [5.74, 6) is 1.11. The second-order valence-corrected chi connectivity index (χ2v) is 12.2. The summed E-state index contributed by atoms with van der Waals surface area (Å²) in [6, 6.07) is 0. The maximum atomic E-state index is 12.6. The molecule has 0 bridgehead atoms. The van der Waals surface area contributed by atoms with Gasteiger partial charge in [-0.15, -0.1) is 0 Å². The van der Waals surface area contributed by atoms with Crippen molar-refractivity contribution in [2.75, 3.05) is 13.2 Å². The van der Waals surface area contributed by atoms with E-state index in [1.165, 1.54) is 25.7 Å². The molecule has 0 N–H and O–H groups in total. The lowest BCUT2D eigenvalue weighted by atomic mass is 9.81. The maximum absolute atomic E-state index is 12.6. The van der Waals surface area contributed by atoms with Crippen LogP contribution < -0.4 is 0 Å².